The third-order valence-electron chi connectivity index (χ3n) is 5.28. The van der Waals surface area contributed by atoms with E-state index in [1.165, 1.54) is 0 Å². The number of methoxy groups -OCH3 is 2. The molecule has 1 aliphatic rings. The fourth-order valence-electron chi connectivity index (χ4n) is 3.43. The average Bonchev–Trinajstić information content (AvgIpc) is 3.49. The maximum absolute atomic E-state index is 13.2. The molecule has 1 aromatic heterocycles. The molecule has 7 nitrogen and oxygen atoms in total. The van der Waals surface area contributed by atoms with Gasteiger partial charge in [0.2, 0.25) is 5.91 Å². The van der Waals surface area contributed by atoms with E-state index in [1.54, 1.807) is 30.5 Å². The van der Waals surface area contributed by atoms with Crippen LogP contribution in [0.3, 0.4) is 0 Å². The third kappa shape index (κ3) is 6.37. The number of urea groups is 1. The Morgan fingerprint density at radius 1 is 1.16 bits per heavy atom. The second-order valence-corrected chi connectivity index (χ2v) is 8.56. The van der Waals surface area contributed by atoms with Crippen molar-refractivity contribution in [1.29, 1.82) is 0 Å². The molecule has 0 bridgehead atoms. The lowest BCUT2D eigenvalue weighted by Crippen LogP contribution is -2.47. The fraction of sp³-hybridized carbons (Fsp3) is 0.478. The van der Waals surface area contributed by atoms with Gasteiger partial charge in [0.05, 0.1) is 20.8 Å². The van der Waals surface area contributed by atoms with E-state index in [4.69, 9.17) is 9.47 Å². The molecular formula is C23H31N3O4S. The SMILES string of the molecule is CCNC(=O)N(CC(=O)N(CCc1ccc(OC)c(OC)c1)Cc1cccs1)C1CC1. The minimum Gasteiger partial charge on any atom is -0.493 e. The molecule has 0 aliphatic heterocycles. The van der Waals surface area contributed by atoms with Crippen LogP contribution in [0.2, 0.25) is 0 Å². The Morgan fingerprint density at radius 3 is 2.55 bits per heavy atom. The second-order valence-electron chi connectivity index (χ2n) is 7.53. The van der Waals surface area contributed by atoms with Crippen molar-refractivity contribution in [3.63, 3.8) is 0 Å². The molecular weight excluding hydrogens is 414 g/mol. The van der Waals surface area contributed by atoms with Crippen molar-refractivity contribution in [1.82, 2.24) is 15.1 Å². The lowest BCUT2D eigenvalue weighted by Gasteiger charge is -2.27. The Kier molecular flexibility index (Phi) is 8.17. The first-order valence-corrected chi connectivity index (χ1v) is 11.5. The lowest BCUT2D eigenvalue weighted by molar-refractivity contribution is -0.132. The predicted molar refractivity (Wildman–Crippen MR) is 122 cm³/mol. The monoisotopic (exact) mass is 445 g/mol. The molecule has 0 radical (unpaired) electrons. The van der Waals surface area contributed by atoms with Gasteiger partial charge in [-0.1, -0.05) is 12.1 Å². The summed E-state index contributed by atoms with van der Waals surface area (Å²) >= 11 is 1.63. The van der Waals surface area contributed by atoms with E-state index in [1.807, 2.05) is 47.5 Å². The smallest absolute Gasteiger partial charge is 0.318 e. The van der Waals surface area contributed by atoms with Crippen LogP contribution in [0, 0.1) is 0 Å². The van der Waals surface area contributed by atoms with Gasteiger partial charge in [-0.3, -0.25) is 4.79 Å². The molecule has 168 valence electrons. The van der Waals surface area contributed by atoms with Crippen LogP contribution < -0.4 is 14.8 Å². The lowest BCUT2D eigenvalue weighted by atomic mass is 10.1. The van der Waals surface area contributed by atoms with Crippen molar-refractivity contribution in [2.24, 2.45) is 0 Å². The van der Waals surface area contributed by atoms with E-state index in [9.17, 15) is 9.59 Å². The van der Waals surface area contributed by atoms with Crippen molar-refractivity contribution in [3.05, 3.63) is 46.2 Å². The first-order valence-electron chi connectivity index (χ1n) is 10.6. The zero-order valence-electron chi connectivity index (χ0n) is 18.4. The molecule has 1 N–H and O–H groups in total. The largest absolute Gasteiger partial charge is 0.493 e. The maximum atomic E-state index is 13.2. The Morgan fingerprint density at radius 2 is 1.94 bits per heavy atom. The number of carbonyl (C=O) groups is 2. The number of hydrogen-bond acceptors (Lipinski definition) is 5. The average molecular weight is 446 g/mol. The molecule has 1 fully saturated rings. The predicted octanol–water partition coefficient (Wildman–Crippen LogP) is 3.53. The van der Waals surface area contributed by atoms with Gasteiger partial charge in [-0.05, 0) is 55.3 Å². The summed E-state index contributed by atoms with van der Waals surface area (Å²) in [5.41, 5.74) is 1.06. The van der Waals surface area contributed by atoms with E-state index in [0.29, 0.717) is 37.6 Å². The van der Waals surface area contributed by atoms with Gasteiger partial charge < -0.3 is 24.6 Å². The molecule has 3 rings (SSSR count). The van der Waals surface area contributed by atoms with Crippen LogP contribution in [0.15, 0.2) is 35.7 Å². The highest BCUT2D eigenvalue weighted by Gasteiger charge is 2.34. The topological polar surface area (TPSA) is 71.1 Å². The molecule has 31 heavy (non-hydrogen) atoms. The van der Waals surface area contributed by atoms with E-state index >= 15 is 0 Å². The number of nitrogens with one attached hydrogen (secondary N) is 1. The van der Waals surface area contributed by atoms with Crippen molar-refractivity contribution in [3.8, 4) is 11.5 Å². The number of thiophene rings is 1. The molecule has 3 amide bonds. The summed E-state index contributed by atoms with van der Waals surface area (Å²) in [6.07, 6.45) is 2.60. The van der Waals surface area contributed by atoms with E-state index in [2.05, 4.69) is 5.32 Å². The highest BCUT2D eigenvalue weighted by molar-refractivity contribution is 7.09. The second kappa shape index (κ2) is 11.0. The molecule has 8 heteroatoms. The van der Waals surface area contributed by atoms with Gasteiger partial charge in [0.15, 0.2) is 11.5 Å². The number of hydrogen-bond donors (Lipinski definition) is 1. The van der Waals surface area contributed by atoms with Gasteiger partial charge in [-0.2, -0.15) is 0 Å². The quantitative estimate of drug-likeness (QED) is 0.574. The minimum atomic E-state index is -0.158. The van der Waals surface area contributed by atoms with Crippen LogP contribution in [-0.4, -0.2) is 61.6 Å². The molecule has 1 heterocycles. The summed E-state index contributed by atoms with van der Waals surface area (Å²) < 4.78 is 10.7. The Balaban J connectivity index is 1.70. The van der Waals surface area contributed by atoms with Gasteiger partial charge in [-0.25, -0.2) is 4.79 Å². The van der Waals surface area contributed by atoms with E-state index in [0.717, 1.165) is 23.3 Å². The molecule has 1 aromatic carbocycles. The number of ether oxygens (including phenoxy) is 2. The summed E-state index contributed by atoms with van der Waals surface area (Å²) in [6.45, 7) is 3.64. The zero-order valence-corrected chi connectivity index (χ0v) is 19.2. The van der Waals surface area contributed by atoms with Crippen LogP contribution in [-0.2, 0) is 17.8 Å². The van der Waals surface area contributed by atoms with Gasteiger partial charge >= 0.3 is 6.03 Å². The van der Waals surface area contributed by atoms with Gasteiger partial charge in [0, 0.05) is 24.0 Å². The van der Waals surface area contributed by atoms with Crippen LogP contribution in [0.1, 0.15) is 30.2 Å². The minimum absolute atomic E-state index is 0.0352. The molecule has 0 unspecified atom stereocenters. The molecule has 1 saturated carbocycles. The van der Waals surface area contributed by atoms with E-state index in [-0.39, 0.29) is 24.5 Å². The molecule has 0 saturated heterocycles. The Labute approximate surface area is 187 Å². The van der Waals surface area contributed by atoms with Crippen LogP contribution in [0.4, 0.5) is 4.79 Å². The molecule has 1 aliphatic carbocycles. The van der Waals surface area contributed by atoms with Crippen molar-refractivity contribution < 1.29 is 19.1 Å². The first kappa shape index (κ1) is 22.9. The summed E-state index contributed by atoms with van der Waals surface area (Å²) in [5.74, 6) is 1.32. The number of rotatable bonds is 11. The van der Waals surface area contributed by atoms with Crippen molar-refractivity contribution in [2.45, 2.75) is 38.8 Å². The highest BCUT2D eigenvalue weighted by atomic mass is 32.1. The van der Waals surface area contributed by atoms with Crippen LogP contribution in [0.25, 0.3) is 0 Å². The number of benzene rings is 1. The molecule has 2 aromatic rings. The van der Waals surface area contributed by atoms with Crippen molar-refractivity contribution in [2.75, 3.05) is 33.9 Å². The summed E-state index contributed by atoms with van der Waals surface area (Å²) in [4.78, 5) is 30.3. The van der Waals surface area contributed by atoms with E-state index < -0.39 is 0 Å². The summed E-state index contributed by atoms with van der Waals surface area (Å²) in [7, 11) is 3.22. The Hall–Kier alpha value is -2.74. The highest BCUT2D eigenvalue weighted by Crippen LogP contribution is 2.28. The third-order valence-corrected chi connectivity index (χ3v) is 6.14. The number of nitrogens with zero attached hydrogens (tertiary/aromatic N) is 2. The molecule has 0 spiro atoms. The summed E-state index contributed by atoms with van der Waals surface area (Å²) in [5, 5.41) is 4.84. The van der Waals surface area contributed by atoms with Crippen LogP contribution >= 0.6 is 11.3 Å². The summed E-state index contributed by atoms with van der Waals surface area (Å²) in [6, 6.07) is 9.84. The fourth-order valence-corrected chi connectivity index (χ4v) is 4.15. The van der Waals surface area contributed by atoms with Crippen molar-refractivity contribution >= 4 is 23.3 Å². The normalized spacial score (nSPS) is 12.9. The van der Waals surface area contributed by atoms with Gasteiger partial charge in [0.25, 0.3) is 0 Å². The zero-order chi connectivity index (χ0) is 22.2. The number of carbonyl (C=O) groups excluding carboxylic acids is 2. The Bertz CT molecular complexity index is 868. The van der Waals surface area contributed by atoms with Gasteiger partial charge in [0.1, 0.15) is 6.54 Å². The standard InChI is InChI=1S/C23H31N3O4S/c1-4-24-23(28)26(18-8-9-18)16-22(27)25(15-19-6-5-13-31-19)12-11-17-7-10-20(29-2)21(14-17)30-3/h5-7,10,13-14,18H,4,8-9,11-12,15-16H2,1-3H3,(H,24,28). The maximum Gasteiger partial charge on any atom is 0.318 e. The number of amides is 3. The van der Waals surface area contributed by atoms with Crippen LogP contribution in [0.5, 0.6) is 11.5 Å². The molecule has 0 atom stereocenters. The first-order chi connectivity index (χ1) is 15.0. The van der Waals surface area contributed by atoms with Gasteiger partial charge in [-0.15, -0.1) is 11.3 Å².